The Morgan fingerprint density at radius 1 is 0.914 bits per heavy atom. The third-order valence-corrected chi connectivity index (χ3v) is 13.1. The van der Waals surface area contributed by atoms with Gasteiger partial charge in [-0.1, -0.05) is 41.5 Å². The first kappa shape index (κ1) is 27.3. The standard InChI is InChI=1S/C28H44N2O4Si/c1-17(2)35(18(3)4,19(5)6)34-25-14-23(13-24(15-25)32-20(7)16-31-10)26-11-12-27(30-26)28-29-21(8)22(9)33-28/h11-15,17-22,30H,16H2,1-10H3/t20-,21+,22-/m0/s1. The smallest absolute Gasteiger partial charge is 0.258 e. The number of nitrogens with zero attached hydrogens (tertiary/aromatic N) is 1. The molecule has 0 radical (unpaired) electrons. The number of hydrogen-bond acceptors (Lipinski definition) is 5. The second kappa shape index (κ2) is 11.2. The van der Waals surface area contributed by atoms with Gasteiger partial charge < -0.3 is 23.6 Å². The molecular weight excluding hydrogens is 456 g/mol. The molecule has 0 unspecified atom stereocenters. The van der Waals surface area contributed by atoms with Crippen LogP contribution in [0.3, 0.4) is 0 Å². The maximum Gasteiger partial charge on any atom is 0.258 e. The summed E-state index contributed by atoms with van der Waals surface area (Å²) in [4.78, 5) is 8.15. The fraction of sp³-hybridized carbons (Fsp3) is 0.607. The molecule has 0 aliphatic carbocycles. The van der Waals surface area contributed by atoms with Crippen LogP contribution in [-0.4, -0.2) is 51.2 Å². The Kier molecular flexibility index (Phi) is 8.75. The zero-order valence-electron chi connectivity index (χ0n) is 23.1. The highest BCUT2D eigenvalue weighted by Gasteiger charge is 2.47. The van der Waals surface area contributed by atoms with E-state index in [0.717, 1.165) is 28.5 Å². The molecule has 1 aliphatic rings. The molecule has 0 spiro atoms. The van der Waals surface area contributed by atoms with Crippen molar-refractivity contribution in [2.75, 3.05) is 13.7 Å². The van der Waals surface area contributed by atoms with Crippen LogP contribution in [0.5, 0.6) is 11.5 Å². The minimum Gasteiger partial charge on any atom is -0.543 e. The summed E-state index contributed by atoms with van der Waals surface area (Å²) in [7, 11) is -0.442. The molecule has 0 bridgehead atoms. The van der Waals surface area contributed by atoms with Gasteiger partial charge in [-0.3, -0.25) is 0 Å². The van der Waals surface area contributed by atoms with Crippen molar-refractivity contribution in [3.8, 4) is 22.8 Å². The minimum absolute atomic E-state index is 0.0752. The van der Waals surface area contributed by atoms with Crippen LogP contribution in [0.4, 0.5) is 0 Å². The van der Waals surface area contributed by atoms with E-state index in [0.29, 0.717) is 29.1 Å². The number of aliphatic imine (C=N–C) groups is 1. The van der Waals surface area contributed by atoms with E-state index in [4.69, 9.17) is 18.6 Å². The second-order valence-corrected chi connectivity index (χ2v) is 16.2. The molecule has 1 aromatic heterocycles. The van der Waals surface area contributed by atoms with Crippen molar-refractivity contribution in [3.05, 3.63) is 36.0 Å². The molecule has 3 atom stereocenters. The Balaban J connectivity index is 2.02. The van der Waals surface area contributed by atoms with Crippen LogP contribution in [0.2, 0.25) is 16.6 Å². The number of aromatic amines is 1. The van der Waals surface area contributed by atoms with E-state index < -0.39 is 8.32 Å². The van der Waals surface area contributed by atoms with Gasteiger partial charge in [-0.2, -0.15) is 0 Å². The highest BCUT2D eigenvalue weighted by Crippen LogP contribution is 2.44. The molecule has 0 amide bonds. The van der Waals surface area contributed by atoms with Crippen molar-refractivity contribution < 1.29 is 18.6 Å². The van der Waals surface area contributed by atoms with Crippen molar-refractivity contribution in [2.24, 2.45) is 4.99 Å². The van der Waals surface area contributed by atoms with Crippen LogP contribution in [-0.2, 0) is 9.47 Å². The third-order valence-electron chi connectivity index (χ3n) is 7.15. The Morgan fingerprint density at radius 2 is 1.51 bits per heavy atom. The van der Waals surface area contributed by atoms with Crippen molar-refractivity contribution in [1.29, 1.82) is 0 Å². The molecule has 6 nitrogen and oxygen atoms in total. The number of aromatic nitrogens is 1. The van der Waals surface area contributed by atoms with E-state index in [-0.39, 0.29) is 18.2 Å². The molecule has 1 aliphatic heterocycles. The summed E-state index contributed by atoms with van der Waals surface area (Å²) in [6, 6.07) is 10.4. The number of benzene rings is 1. The van der Waals surface area contributed by atoms with Crippen LogP contribution in [0, 0.1) is 0 Å². The topological polar surface area (TPSA) is 65.1 Å². The van der Waals surface area contributed by atoms with Crippen molar-refractivity contribution in [1.82, 2.24) is 4.98 Å². The van der Waals surface area contributed by atoms with Gasteiger partial charge in [0, 0.05) is 24.4 Å². The number of hydrogen-bond donors (Lipinski definition) is 1. The average molecular weight is 501 g/mol. The Labute approximate surface area is 212 Å². The highest BCUT2D eigenvalue weighted by atomic mass is 28.4. The predicted octanol–water partition coefficient (Wildman–Crippen LogP) is 7.20. The molecule has 7 heteroatoms. The maximum absolute atomic E-state index is 7.03. The molecule has 2 heterocycles. The Morgan fingerprint density at radius 3 is 2.06 bits per heavy atom. The zero-order valence-corrected chi connectivity index (χ0v) is 24.1. The molecular formula is C28H44N2O4Si. The number of ether oxygens (including phenoxy) is 3. The van der Waals surface area contributed by atoms with E-state index in [9.17, 15) is 0 Å². The lowest BCUT2D eigenvalue weighted by molar-refractivity contribution is 0.0920. The molecule has 0 saturated heterocycles. The molecule has 3 rings (SSSR count). The molecule has 0 fully saturated rings. The normalized spacial score (nSPS) is 19.3. The highest BCUT2D eigenvalue weighted by molar-refractivity contribution is 6.78. The van der Waals surface area contributed by atoms with Gasteiger partial charge in [0.25, 0.3) is 8.32 Å². The van der Waals surface area contributed by atoms with Crippen molar-refractivity contribution in [3.63, 3.8) is 0 Å². The first-order valence-corrected chi connectivity index (χ1v) is 15.1. The first-order valence-electron chi connectivity index (χ1n) is 12.9. The van der Waals surface area contributed by atoms with Gasteiger partial charge in [0.15, 0.2) is 0 Å². The van der Waals surface area contributed by atoms with E-state index in [1.807, 2.05) is 26.0 Å². The van der Waals surface area contributed by atoms with Crippen LogP contribution in [0.15, 0.2) is 35.3 Å². The SMILES string of the molecule is COC[C@H](C)Oc1cc(O[Si](C(C)C)(C(C)C)C(C)C)cc(-c2ccc(C3=N[C@H](C)[C@H](C)O3)[nH]2)c1. The summed E-state index contributed by atoms with van der Waals surface area (Å²) in [5.74, 6) is 2.30. The number of nitrogens with one attached hydrogen (secondary N) is 1. The van der Waals surface area contributed by atoms with E-state index >= 15 is 0 Å². The van der Waals surface area contributed by atoms with Gasteiger partial charge in [0.05, 0.1) is 12.6 Å². The lowest BCUT2D eigenvalue weighted by Crippen LogP contribution is -2.50. The third kappa shape index (κ3) is 5.94. The fourth-order valence-electron chi connectivity index (χ4n) is 5.33. The molecule has 194 valence electrons. The molecule has 0 saturated carbocycles. The van der Waals surface area contributed by atoms with E-state index in [2.05, 4.69) is 76.6 Å². The van der Waals surface area contributed by atoms with Gasteiger partial charge in [-0.15, -0.1) is 0 Å². The molecule has 35 heavy (non-hydrogen) atoms. The summed E-state index contributed by atoms with van der Waals surface area (Å²) < 4.78 is 24.5. The summed E-state index contributed by atoms with van der Waals surface area (Å²) in [6.45, 7) is 20.5. The molecule has 1 N–H and O–H groups in total. The first-order chi connectivity index (χ1) is 16.5. The lowest BCUT2D eigenvalue weighted by Gasteiger charge is -2.42. The van der Waals surface area contributed by atoms with Gasteiger partial charge in [0.1, 0.15) is 29.4 Å². The minimum atomic E-state index is -2.13. The molecule has 2 aromatic rings. The lowest BCUT2D eigenvalue weighted by atomic mass is 10.1. The Hall–Kier alpha value is -2.25. The summed E-state index contributed by atoms with van der Waals surface area (Å²) in [6.07, 6.45) is 0.00533. The summed E-state index contributed by atoms with van der Waals surface area (Å²) >= 11 is 0. The number of rotatable bonds is 11. The monoisotopic (exact) mass is 500 g/mol. The Bertz CT molecular complexity index is 992. The maximum atomic E-state index is 7.03. The largest absolute Gasteiger partial charge is 0.543 e. The van der Waals surface area contributed by atoms with E-state index in [1.165, 1.54) is 0 Å². The van der Waals surface area contributed by atoms with Gasteiger partial charge in [-0.05, 0) is 61.7 Å². The molecule has 1 aromatic carbocycles. The summed E-state index contributed by atoms with van der Waals surface area (Å²) in [5.41, 5.74) is 4.28. The van der Waals surface area contributed by atoms with Crippen LogP contribution in [0.25, 0.3) is 11.3 Å². The summed E-state index contributed by atoms with van der Waals surface area (Å²) in [5, 5.41) is 0. The average Bonchev–Trinajstić information content (AvgIpc) is 3.38. The number of H-pyrrole nitrogens is 1. The van der Waals surface area contributed by atoms with Crippen LogP contribution < -0.4 is 9.16 Å². The van der Waals surface area contributed by atoms with Crippen LogP contribution >= 0.6 is 0 Å². The predicted molar refractivity (Wildman–Crippen MR) is 146 cm³/mol. The van der Waals surface area contributed by atoms with Crippen LogP contribution in [0.1, 0.15) is 68.0 Å². The van der Waals surface area contributed by atoms with Gasteiger partial charge in [-0.25, -0.2) is 4.99 Å². The quantitative estimate of drug-likeness (QED) is 0.331. The van der Waals surface area contributed by atoms with Crippen molar-refractivity contribution in [2.45, 2.75) is 97.2 Å². The van der Waals surface area contributed by atoms with Crippen molar-refractivity contribution >= 4 is 14.2 Å². The zero-order chi connectivity index (χ0) is 25.9. The second-order valence-electron chi connectivity index (χ2n) is 10.8. The fourth-order valence-corrected chi connectivity index (χ4v) is 10.6. The number of methoxy groups -OCH3 is 1. The van der Waals surface area contributed by atoms with Gasteiger partial charge >= 0.3 is 0 Å². The van der Waals surface area contributed by atoms with E-state index in [1.54, 1.807) is 7.11 Å². The van der Waals surface area contributed by atoms with Gasteiger partial charge in [0.2, 0.25) is 5.90 Å².